The lowest BCUT2D eigenvalue weighted by atomic mass is 10.2. The van der Waals surface area contributed by atoms with Crippen molar-refractivity contribution in [2.24, 2.45) is 0 Å². The van der Waals surface area contributed by atoms with Gasteiger partial charge >= 0.3 is 0 Å². The van der Waals surface area contributed by atoms with E-state index in [2.05, 4.69) is 11.1 Å². The van der Waals surface area contributed by atoms with Crippen LogP contribution in [0.15, 0.2) is 70.5 Å². The van der Waals surface area contributed by atoms with Gasteiger partial charge < -0.3 is 4.42 Å². The average molecular weight is 423 g/mol. The Morgan fingerprint density at radius 1 is 1.07 bits per heavy atom. The van der Waals surface area contributed by atoms with Gasteiger partial charge in [-0.1, -0.05) is 53.5 Å². The summed E-state index contributed by atoms with van der Waals surface area (Å²) in [4.78, 5) is 4.59. The molecule has 0 fully saturated rings. The minimum absolute atomic E-state index is 0.440. The van der Waals surface area contributed by atoms with Gasteiger partial charge in [0.2, 0.25) is 0 Å². The van der Waals surface area contributed by atoms with Crippen LogP contribution >= 0.6 is 34.5 Å². The molecule has 2 heterocycles. The first kappa shape index (κ1) is 18.5. The third-order valence-electron chi connectivity index (χ3n) is 4.03. The van der Waals surface area contributed by atoms with Crippen LogP contribution in [0.4, 0.5) is 0 Å². The fourth-order valence-electron chi connectivity index (χ4n) is 2.69. The number of thiazole rings is 1. The molecule has 0 saturated carbocycles. The van der Waals surface area contributed by atoms with Gasteiger partial charge in [0.1, 0.15) is 22.6 Å². The Bertz CT molecular complexity index is 1200. The molecule has 0 saturated heterocycles. The summed E-state index contributed by atoms with van der Waals surface area (Å²) < 4.78 is 5.86. The van der Waals surface area contributed by atoms with E-state index in [1.165, 1.54) is 11.3 Å². The number of allylic oxidation sites excluding steroid dienone is 1. The van der Waals surface area contributed by atoms with Crippen LogP contribution in [0.3, 0.4) is 0 Å². The minimum atomic E-state index is 0.440. The number of nitriles is 1. The number of hydrogen-bond acceptors (Lipinski definition) is 4. The molecular weight excluding hydrogens is 411 g/mol. The Labute approximate surface area is 176 Å². The van der Waals surface area contributed by atoms with E-state index in [1.54, 1.807) is 30.3 Å². The highest BCUT2D eigenvalue weighted by atomic mass is 35.5. The summed E-state index contributed by atoms with van der Waals surface area (Å²) in [7, 11) is 0. The van der Waals surface area contributed by atoms with E-state index in [4.69, 9.17) is 27.6 Å². The van der Waals surface area contributed by atoms with Crippen LogP contribution in [-0.2, 0) is 0 Å². The van der Waals surface area contributed by atoms with Crippen LogP contribution in [-0.4, -0.2) is 4.98 Å². The second-order valence-electron chi connectivity index (χ2n) is 5.90. The number of rotatable bonds is 4. The average Bonchev–Trinajstić information content (AvgIpc) is 3.37. The van der Waals surface area contributed by atoms with Gasteiger partial charge in [0.05, 0.1) is 16.3 Å². The normalized spacial score (nSPS) is 11.4. The smallest absolute Gasteiger partial charge is 0.136 e. The molecule has 0 aliphatic rings. The first-order valence-corrected chi connectivity index (χ1v) is 9.96. The van der Waals surface area contributed by atoms with E-state index in [0.717, 1.165) is 16.8 Å². The predicted octanol–water partition coefficient (Wildman–Crippen LogP) is 7.44. The molecule has 2 aromatic heterocycles. The number of benzene rings is 2. The van der Waals surface area contributed by atoms with E-state index in [9.17, 15) is 5.26 Å². The SMILES string of the molecule is N#C/C(=C\c1ccc(-c2ccc(Cl)cc2Cl)o1)c1nc(-c2ccccc2)cs1. The molecule has 0 unspecified atom stereocenters. The zero-order valence-corrected chi connectivity index (χ0v) is 16.7. The van der Waals surface area contributed by atoms with E-state index < -0.39 is 0 Å². The Kier molecular flexibility index (Phi) is 5.31. The molecule has 0 aliphatic heterocycles. The molecule has 6 heteroatoms. The van der Waals surface area contributed by atoms with Crippen molar-refractivity contribution in [1.29, 1.82) is 5.26 Å². The molecule has 136 valence electrons. The van der Waals surface area contributed by atoms with Crippen LogP contribution in [0, 0.1) is 11.3 Å². The van der Waals surface area contributed by atoms with Gasteiger partial charge in [-0.3, -0.25) is 0 Å². The van der Waals surface area contributed by atoms with Crippen molar-refractivity contribution < 1.29 is 4.42 Å². The first-order valence-electron chi connectivity index (χ1n) is 8.32. The van der Waals surface area contributed by atoms with Crippen molar-refractivity contribution in [1.82, 2.24) is 4.98 Å². The summed E-state index contributed by atoms with van der Waals surface area (Å²) in [6.07, 6.45) is 1.68. The maximum absolute atomic E-state index is 9.59. The molecule has 0 amide bonds. The molecular formula is C22H12Cl2N2OS. The lowest BCUT2D eigenvalue weighted by molar-refractivity contribution is 0.572. The number of nitrogens with zero attached hydrogens (tertiary/aromatic N) is 2. The summed E-state index contributed by atoms with van der Waals surface area (Å²) >= 11 is 13.6. The maximum atomic E-state index is 9.59. The highest BCUT2D eigenvalue weighted by Crippen LogP contribution is 2.33. The van der Waals surface area contributed by atoms with E-state index in [0.29, 0.717) is 32.1 Å². The second kappa shape index (κ2) is 8.04. The van der Waals surface area contributed by atoms with Crippen LogP contribution < -0.4 is 0 Å². The highest BCUT2D eigenvalue weighted by molar-refractivity contribution is 7.11. The third kappa shape index (κ3) is 3.88. The number of furan rings is 1. The van der Waals surface area contributed by atoms with Gasteiger partial charge in [-0.15, -0.1) is 11.3 Å². The van der Waals surface area contributed by atoms with Crippen molar-refractivity contribution in [3.05, 3.63) is 86.9 Å². The van der Waals surface area contributed by atoms with E-state index in [-0.39, 0.29) is 0 Å². The number of aromatic nitrogens is 1. The van der Waals surface area contributed by atoms with Crippen LogP contribution in [0.5, 0.6) is 0 Å². The Balaban J connectivity index is 1.64. The molecule has 0 bridgehead atoms. The van der Waals surface area contributed by atoms with Gasteiger partial charge in [0.15, 0.2) is 0 Å². The number of hydrogen-bond donors (Lipinski definition) is 0. The Morgan fingerprint density at radius 3 is 2.64 bits per heavy atom. The van der Waals surface area contributed by atoms with Crippen molar-refractivity contribution in [2.45, 2.75) is 0 Å². The molecule has 0 radical (unpaired) electrons. The molecule has 0 aliphatic carbocycles. The topological polar surface area (TPSA) is 49.8 Å². The van der Waals surface area contributed by atoms with Crippen LogP contribution in [0.2, 0.25) is 10.0 Å². The van der Waals surface area contributed by atoms with Crippen molar-refractivity contribution in [3.63, 3.8) is 0 Å². The van der Waals surface area contributed by atoms with E-state index in [1.807, 2.05) is 41.8 Å². The van der Waals surface area contributed by atoms with E-state index >= 15 is 0 Å². The lowest BCUT2D eigenvalue weighted by Gasteiger charge is -2.00. The van der Waals surface area contributed by atoms with Crippen LogP contribution in [0.25, 0.3) is 34.2 Å². The molecule has 4 rings (SSSR count). The maximum Gasteiger partial charge on any atom is 0.136 e. The van der Waals surface area contributed by atoms with Gasteiger partial charge in [-0.2, -0.15) is 5.26 Å². The first-order chi connectivity index (χ1) is 13.6. The Morgan fingerprint density at radius 2 is 1.89 bits per heavy atom. The quantitative estimate of drug-likeness (QED) is 0.321. The summed E-state index contributed by atoms with van der Waals surface area (Å²) in [5.74, 6) is 1.16. The zero-order chi connectivity index (χ0) is 19.5. The van der Waals surface area contributed by atoms with Gasteiger partial charge in [0, 0.05) is 27.6 Å². The fraction of sp³-hybridized carbons (Fsp3) is 0. The molecule has 0 spiro atoms. The summed E-state index contributed by atoms with van der Waals surface area (Å²) in [6, 6.07) is 20.9. The standard InChI is InChI=1S/C22H12Cl2N2OS/c23-16-6-8-18(19(24)11-16)21-9-7-17(27-21)10-15(12-25)22-26-20(13-28-22)14-4-2-1-3-5-14/h1-11,13H/b15-10+. The largest absolute Gasteiger partial charge is 0.457 e. The third-order valence-corrected chi connectivity index (χ3v) is 5.46. The van der Waals surface area contributed by atoms with Gasteiger partial charge in [-0.25, -0.2) is 4.98 Å². The van der Waals surface area contributed by atoms with Gasteiger partial charge in [0.25, 0.3) is 0 Å². The van der Waals surface area contributed by atoms with Crippen molar-refractivity contribution in [3.8, 4) is 28.7 Å². The summed E-state index contributed by atoms with van der Waals surface area (Å²) in [6.45, 7) is 0. The molecule has 2 aromatic carbocycles. The Hall–Kier alpha value is -2.84. The van der Waals surface area contributed by atoms with Crippen LogP contribution in [0.1, 0.15) is 10.8 Å². The minimum Gasteiger partial charge on any atom is -0.457 e. The monoisotopic (exact) mass is 422 g/mol. The number of halogens is 2. The molecule has 4 aromatic rings. The zero-order valence-electron chi connectivity index (χ0n) is 14.4. The molecule has 3 nitrogen and oxygen atoms in total. The van der Waals surface area contributed by atoms with Crippen molar-refractivity contribution in [2.75, 3.05) is 0 Å². The second-order valence-corrected chi connectivity index (χ2v) is 7.60. The highest BCUT2D eigenvalue weighted by Gasteiger charge is 2.12. The van der Waals surface area contributed by atoms with Gasteiger partial charge in [-0.05, 0) is 30.3 Å². The fourth-order valence-corrected chi connectivity index (χ4v) is 3.98. The summed E-state index contributed by atoms with van der Waals surface area (Å²) in [5, 5.41) is 13.2. The lowest BCUT2D eigenvalue weighted by Crippen LogP contribution is -1.82. The predicted molar refractivity (Wildman–Crippen MR) is 115 cm³/mol. The molecule has 0 N–H and O–H groups in total. The molecule has 0 atom stereocenters. The molecule has 28 heavy (non-hydrogen) atoms. The van der Waals surface area contributed by atoms with Crippen molar-refractivity contribution >= 4 is 46.2 Å². The summed E-state index contributed by atoms with van der Waals surface area (Å²) in [5.41, 5.74) is 3.04.